The van der Waals surface area contributed by atoms with Crippen LogP contribution in [0.1, 0.15) is 5.56 Å². The highest BCUT2D eigenvalue weighted by Crippen LogP contribution is 2.09. The van der Waals surface area contributed by atoms with Crippen LogP contribution in [-0.2, 0) is 4.74 Å². The molecule has 4 heteroatoms. The number of benzene rings is 1. The predicted octanol–water partition coefficient (Wildman–Crippen LogP) is 0.554. The van der Waals surface area contributed by atoms with Gasteiger partial charge in [0.25, 0.3) is 0 Å². The number of hydrogen-bond acceptors (Lipinski definition) is 4. The molecule has 13 heavy (non-hydrogen) atoms. The van der Waals surface area contributed by atoms with Crippen LogP contribution in [0.5, 0.6) is 0 Å². The van der Waals surface area contributed by atoms with Crippen molar-refractivity contribution in [2.24, 2.45) is 10.8 Å². The van der Waals surface area contributed by atoms with E-state index in [9.17, 15) is 0 Å². The molecule has 0 unspecified atom stereocenters. The minimum absolute atomic E-state index is 0.385. The SMILES string of the molecule is NCN1COC(c2ccccc2)=N1. The van der Waals surface area contributed by atoms with Crippen molar-refractivity contribution in [3.63, 3.8) is 0 Å². The molecule has 0 amide bonds. The van der Waals surface area contributed by atoms with E-state index in [4.69, 9.17) is 10.5 Å². The first-order chi connectivity index (χ1) is 6.40. The zero-order chi connectivity index (χ0) is 9.10. The van der Waals surface area contributed by atoms with E-state index >= 15 is 0 Å². The molecule has 0 saturated carbocycles. The zero-order valence-electron chi connectivity index (χ0n) is 7.18. The monoisotopic (exact) mass is 177 g/mol. The van der Waals surface area contributed by atoms with Gasteiger partial charge in [-0.1, -0.05) is 18.2 Å². The number of hydrazone groups is 1. The van der Waals surface area contributed by atoms with Crippen LogP contribution in [0.4, 0.5) is 0 Å². The van der Waals surface area contributed by atoms with Gasteiger partial charge in [-0.3, -0.25) is 0 Å². The second kappa shape index (κ2) is 3.45. The van der Waals surface area contributed by atoms with Crippen molar-refractivity contribution >= 4 is 5.90 Å². The van der Waals surface area contributed by atoms with E-state index in [2.05, 4.69) is 5.10 Å². The molecule has 2 rings (SSSR count). The summed E-state index contributed by atoms with van der Waals surface area (Å²) in [5.41, 5.74) is 6.40. The van der Waals surface area contributed by atoms with Crippen LogP contribution in [0.25, 0.3) is 0 Å². The van der Waals surface area contributed by atoms with Gasteiger partial charge in [0.1, 0.15) is 0 Å². The van der Waals surface area contributed by atoms with E-state index in [1.165, 1.54) is 0 Å². The Morgan fingerprint density at radius 3 is 2.77 bits per heavy atom. The van der Waals surface area contributed by atoms with E-state index in [0.29, 0.717) is 19.3 Å². The van der Waals surface area contributed by atoms with Crippen molar-refractivity contribution in [1.82, 2.24) is 5.01 Å². The fourth-order valence-corrected chi connectivity index (χ4v) is 1.14. The molecule has 1 heterocycles. The molecule has 0 fully saturated rings. The van der Waals surface area contributed by atoms with Crippen molar-refractivity contribution in [3.05, 3.63) is 35.9 Å². The van der Waals surface area contributed by atoms with Gasteiger partial charge >= 0.3 is 0 Å². The van der Waals surface area contributed by atoms with Crippen molar-refractivity contribution in [3.8, 4) is 0 Å². The van der Waals surface area contributed by atoms with E-state index < -0.39 is 0 Å². The molecule has 4 nitrogen and oxygen atoms in total. The summed E-state index contributed by atoms with van der Waals surface area (Å²) in [5.74, 6) is 0.644. The molecular weight excluding hydrogens is 166 g/mol. The minimum atomic E-state index is 0.385. The summed E-state index contributed by atoms with van der Waals surface area (Å²) in [6, 6.07) is 9.77. The zero-order valence-corrected chi connectivity index (χ0v) is 7.18. The molecule has 0 saturated heterocycles. The van der Waals surface area contributed by atoms with Gasteiger partial charge in [-0.05, 0) is 12.1 Å². The highest BCUT2D eigenvalue weighted by molar-refractivity contribution is 5.94. The summed E-state index contributed by atoms with van der Waals surface area (Å²) in [5, 5.41) is 5.85. The van der Waals surface area contributed by atoms with Crippen LogP contribution in [0.15, 0.2) is 35.4 Å². The summed E-state index contributed by atoms with van der Waals surface area (Å²) in [7, 11) is 0. The van der Waals surface area contributed by atoms with E-state index in [1.54, 1.807) is 5.01 Å². The molecule has 1 aliphatic heterocycles. The summed E-state index contributed by atoms with van der Waals surface area (Å²) in [6.45, 7) is 0.830. The number of nitrogens with zero attached hydrogens (tertiary/aromatic N) is 2. The molecule has 0 spiro atoms. The van der Waals surface area contributed by atoms with Gasteiger partial charge in [0.2, 0.25) is 5.90 Å². The summed E-state index contributed by atoms with van der Waals surface area (Å²) in [4.78, 5) is 0. The maximum atomic E-state index is 5.41. The van der Waals surface area contributed by atoms with Gasteiger partial charge < -0.3 is 10.5 Å². The van der Waals surface area contributed by atoms with Gasteiger partial charge in [-0.25, -0.2) is 5.01 Å². The molecule has 68 valence electrons. The van der Waals surface area contributed by atoms with Crippen LogP contribution in [0.3, 0.4) is 0 Å². The van der Waals surface area contributed by atoms with E-state index in [-0.39, 0.29) is 0 Å². The lowest BCUT2D eigenvalue weighted by Crippen LogP contribution is -2.22. The second-order valence-electron chi connectivity index (χ2n) is 2.73. The number of ether oxygens (including phenoxy) is 1. The van der Waals surface area contributed by atoms with Crippen LogP contribution in [-0.4, -0.2) is 24.3 Å². The fraction of sp³-hybridized carbons (Fsp3) is 0.222. The second-order valence-corrected chi connectivity index (χ2v) is 2.73. The molecule has 0 radical (unpaired) electrons. The lowest BCUT2D eigenvalue weighted by molar-refractivity contribution is 0.172. The Balaban J connectivity index is 2.19. The first-order valence-corrected chi connectivity index (χ1v) is 4.12. The number of nitrogens with two attached hydrogens (primary N) is 1. The quantitative estimate of drug-likeness (QED) is 0.717. The minimum Gasteiger partial charge on any atom is -0.453 e. The van der Waals surface area contributed by atoms with Crippen molar-refractivity contribution < 1.29 is 4.74 Å². The average Bonchev–Trinajstić information content (AvgIpc) is 2.67. The maximum absolute atomic E-state index is 5.41. The predicted molar refractivity (Wildman–Crippen MR) is 49.8 cm³/mol. The molecule has 0 aliphatic carbocycles. The van der Waals surface area contributed by atoms with Gasteiger partial charge in [-0.2, -0.15) is 0 Å². The molecular formula is C9H11N3O. The molecule has 1 aliphatic rings. The molecule has 1 aromatic rings. The summed E-state index contributed by atoms with van der Waals surface area (Å²) in [6.07, 6.45) is 0. The third-order valence-corrected chi connectivity index (χ3v) is 1.81. The highest BCUT2D eigenvalue weighted by atomic mass is 16.5. The largest absolute Gasteiger partial charge is 0.453 e. The van der Waals surface area contributed by atoms with Crippen LogP contribution in [0.2, 0.25) is 0 Å². The van der Waals surface area contributed by atoms with Gasteiger partial charge in [0.05, 0.1) is 6.67 Å². The lowest BCUT2D eigenvalue weighted by atomic mass is 10.2. The normalized spacial score (nSPS) is 15.5. The first kappa shape index (κ1) is 8.07. The average molecular weight is 177 g/mol. The molecule has 0 atom stereocenters. The first-order valence-electron chi connectivity index (χ1n) is 4.12. The van der Waals surface area contributed by atoms with Crippen LogP contribution in [0, 0.1) is 0 Å². The van der Waals surface area contributed by atoms with Gasteiger partial charge in [0.15, 0.2) is 6.73 Å². The van der Waals surface area contributed by atoms with Crippen LogP contribution < -0.4 is 5.73 Å². The Kier molecular flexibility index (Phi) is 2.14. The number of rotatable bonds is 2. The standard InChI is InChI=1S/C9H11N3O/c10-6-12-7-13-9(11-12)8-4-2-1-3-5-8/h1-5H,6-7,10H2. The Hall–Kier alpha value is -1.55. The molecule has 0 bridgehead atoms. The Labute approximate surface area is 76.6 Å². The Bertz CT molecular complexity index is 310. The van der Waals surface area contributed by atoms with Crippen molar-refractivity contribution in [2.75, 3.05) is 13.4 Å². The molecule has 2 N–H and O–H groups in total. The smallest absolute Gasteiger partial charge is 0.240 e. The highest BCUT2D eigenvalue weighted by Gasteiger charge is 2.14. The summed E-state index contributed by atoms with van der Waals surface area (Å²) >= 11 is 0. The lowest BCUT2D eigenvalue weighted by Gasteiger charge is -2.04. The number of hydrogen-bond donors (Lipinski definition) is 1. The van der Waals surface area contributed by atoms with Gasteiger partial charge in [-0.15, -0.1) is 5.10 Å². The van der Waals surface area contributed by atoms with Crippen LogP contribution >= 0.6 is 0 Å². The fourth-order valence-electron chi connectivity index (χ4n) is 1.14. The molecule has 1 aromatic carbocycles. The third-order valence-electron chi connectivity index (χ3n) is 1.81. The van der Waals surface area contributed by atoms with Crippen molar-refractivity contribution in [1.29, 1.82) is 0 Å². The topological polar surface area (TPSA) is 50.8 Å². The van der Waals surface area contributed by atoms with Crippen molar-refractivity contribution in [2.45, 2.75) is 0 Å². The van der Waals surface area contributed by atoms with Gasteiger partial charge in [0, 0.05) is 5.56 Å². The maximum Gasteiger partial charge on any atom is 0.240 e. The van der Waals surface area contributed by atoms with E-state index in [1.807, 2.05) is 30.3 Å². The summed E-state index contributed by atoms with van der Waals surface area (Å²) < 4.78 is 5.34. The Morgan fingerprint density at radius 1 is 1.38 bits per heavy atom. The molecule has 0 aromatic heterocycles. The Morgan fingerprint density at radius 2 is 2.15 bits per heavy atom. The van der Waals surface area contributed by atoms with E-state index in [0.717, 1.165) is 5.56 Å². The third kappa shape index (κ3) is 1.62.